The third kappa shape index (κ3) is 5.54. The first-order valence-corrected chi connectivity index (χ1v) is 11.6. The fourth-order valence-electron chi connectivity index (χ4n) is 4.31. The van der Waals surface area contributed by atoms with E-state index in [1.165, 1.54) is 6.07 Å². The van der Waals surface area contributed by atoms with Gasteiger partial charge in [-0.3, -0.25) is 9.69 Å². The molecule has 7 nitrogen and oxygen atoms in total. The highest BCUT2D eigenvalue weighted by Crippen LogP contribution is 2.33. The summed E-state index contributed by atoms with van der Waals surface area (Å²) in [7, 11) is 0. The Labute approximate surface area is 206 Å². The summed E-state index contributed by atoms with van der Waals surface area (Å²) in [6.07, 6.45) is -2.85. The Morgan fingerprint density at radius 2 is 1.75 bits per heavy atom. The van der Waals surface area contributed by atoms with Crippen LogP contribution in [0.3, 0.4) is 0 Å². The van der Waals surface area contributed by atoms with Crippen LogP contribution < -0.4 is 19.7 Å². The number of alkyl halides is 3. The summed E-state index contributed by atoms with van der Waals surface area (Å²) in [5.41, 5.74) is 1.21. The molecule has 2 aliphatic heterocycles. The number of ether oxygens (including phenoxy) is 2. The lowest BCUT2D eigenvalue weighted by atomic mass is 10.1. The van der Waals surface area contributed by atoms with Gasteiger partial charge in [-0.25, -0.2) is 4.98 Å². The lowest BCUT2D eigenvalue weighted by molar-refractivity contribution is -0.137. The molecule has 2 aromatic carbocycles. The maximum atomic E-state index is 12.9. The zero-order valence-corrected chi connectivity index (χ0v) is 19.4. The molecule has 0 saturated carbocycles. The van der Waals surface area contributed by atoms with Crippen LogP contribution >= 0.6 is 0 Å². The number of nitrogens with one attached hydrogen (secondary N) is 1. The molecule has 0 spiro atoms. The zero-order valence-electron chi connectivity index (χ0n) is 19.4. The van der Waals surface area contributed by atoms with Gasteiger partial charge >= 0.3 is 6.18 Å². The predicted molar refractivity (Wildman–Crippen MR) is 127 cm³/mol. The van der Waals surface area contributed by atoms with Crippen LogP contribution in [-0.4, -0.2) is 48.8 Å². The number of rotatable bonds is 6. The van der Waals surface area contributed by atoms with Gasteiger partial charge < -0.3 is 19.7 Å². The van der Waals surface area contributed by atoms with Crippen LogP contribution in [0.25, 0.3) is 0 Å². The van der Waals surface area contributed by atoms with E-state index in [-0.39, 0.29) is 19.2 Å². The fraction of sp³-hybridized carbons (Fsp3) is 0.308. The molecule has 1 fully saturated rings. The van der Waals surface area contributed by atoms with Crippen molar-refractivity contribution in [3.8, 4) is 11.5 Å². The Morgan fingerprint density at radius 3 is 2.56 bits per heavy atom. The zero-order chi connectivity index (χ0) is 25.1. The summed E-state index contributed by atoms with van der Waals surface area (Å²) in [6, 6.07) is 14.2. The number of hydrogen-bond acceptors (Lipinski definition) is 6. The SMILES string of the molecule is O=C(NCc1cccc(C(F)(F)F)c1)c1ccnc(N2CCN(Cc3ccc4c(c3)OCO4)CC2)c1. The minimum atomic E-state index is -4.42. The normalized spacial score (nSPS) is 15.7. The summed E-state index contributed by atoms with van der Waals surface area (Å²) in [4.78, 5) is 21.6. The molecule has 1 saturated heterocycles. The summed E-state index contributed by atoms with van der Waals surface area (Å²) in [5.74, 6) is 1.88. The number of hydrogen-bond donors (Lipinski definition) is 1. The quantitative estimate of drug-likeness (QED) is 0.553. The fourth-order valence-corrected chi connectivity index (χ4v) is 4.31. The van der Waals surface area contributed by atoms with E-state index in [0.29, 0.717) is 16.9 Å². The molecule has 0 aliphatic carbocycles. The Hall–Kier alpha value is -3.79. The van der Waals surface area contributed by atoms with Gasteiger partial charge in [-0.1, -0.05) is 18.2 Å². The molecular weight excluding hydrogens is 473 g/mol. The second-order valence-electron chi connectivity index (χ2n) is 8.73. The van der Waals surface area contributed by atoms with Gasteiger partial charge in [0.25, 0.3) is 5.91 Å². The second-order valence-corrected chi connectivity index (χ2v) is 8.73. The van der Waals surface area contributed by atoms with Crippen LogP contribution in [0, 0.1) is 0 Å². The monoisotopic (exact) mass is 498 g/mol. The highest BCUT2D eigenvalue weighted by Gasteiger charge is 2.30. The van der Waals surface area contributed by atoms with Gasteiger partial charge in [0.2, 0.25) is 6.79 Å². The highest BCUT2D eigenvalue weighted by atomic mass is 19.4. The standard InChI is InChI=1S/C26H25F3N4O3/c27-26(28,29)21-3-1-2-18(12-21)15-31-25(34)20-6-7-30-24(14-20)33-10-8-32(9-11-33)16-19-4-5-22-23(13-19)36-17-35-22/h1-7,12-14H,8-11,15-17H2,(H,31,34). The average Bonchev–Trinajstić information content (AvgIpc) is 3.35. The maximum Gasteiger partial charge on any atom is 0.416 e. The number of benzene rings is 2. The molecule has 2 aliphatic rings. The van der Waals surface area contributed by atoms with Crippen molar-refractivity contribution in [1.29, 1.82) is 0 Å². The van der Waals surface area contributed by atoms with Gasteiger partial charge in [-0.05, 0) is 47.5 Å². The molecule has 1 amide bonds. The van der Waals surface area contributed by atoms with Crippen molar-refractivity contribution in [2.45, 2.75) is 19.3 Å². The number of nitrogens with zero attached hydrogens (tertiary/aromatic N) is 3. The van der Waals surface area contributed by atoms with Gasteiger partial charge in [0.1, 0.15) is 5.82 Å². The van der Waals surface area contributed by atoms with E-state index in [1.54, 1.807) is 24.4 Å². The van der Waals surface area contributed by atoms with Crippen LogP contribution in [0.5, 0.6) is 11.5 Å². The van der Waals surface area contributed by atoms with Crippen LogP contribution in [0.2, 0.25) is 0 Å². The first-order chi connectivity index (χ1) is 17.3. The molecule has 0 bridgehead atoms. The van der Waals surface area contributed by atoms with E-state index in [4.69, 9.17) is 9.47 Å². The van der Waals surface area contributed by atoms with E-state index in [1.807, 2.05) is 18.2 Å². The predicted octanol–water partition coefficient (Wildman–Crippen LogP) is 4.08. The molecule has 3 aromatic rings. The van der Waals surface area contributed by atoms with E-state index in [2.05, 4.69) is 20.1 Å². The lowest BCUT2D eigenvalue weighted by Crippen LogP contribution is -2.46. The number of carbonyl (C=O) groups is 1. The van der Waals surface area contributed by atoms with Crippen LogP contribution in [-0.2, 0) is 19.3 Å². The molecule has 1 N–H and O–H groups in total. The minimum Gasteiger partial charge on any atom is -0.454 e. The van der Waals surface area contributed by atoms with Crippen molar-refractivity contribution in [3.05, 3.63) is 83.0 Å². The lowest BCUT2D eigenvalue weighted by Gasteiger charge is -2.35. The van der Waals surface area contributed by atoms with Crippen molar-refractivity contribution in [1.82, 2.24) is 15.2 Å². The Kier molecular flexibility index (Phi) is 6.69. The molecule has 10 heteroatoms. The van der Waals surface area contributed by atoms with E-state index in [0.717, 1.165) is 61.9 Å². The van der Waals surface area contributed by atoms with Gasteiger partial charge in [0.05, 0.1) is 5.56 Å². The van der Waals surface area contributed by atoms with E-state index < -0.39 is 11.7 Å². The Balaban J connectivity index is 1.15. The molecule has 0 radical (unpaired) electrons. The third-order valence-corrected chi connectivity index (χ3v) is 6.25. The number of amides is 1. The van der Waals surface area contributed by atoms with Gasteiger partial charge in [-0.15, -0.1) is 0 Å². The highest BCUT2D eigenvalue weighted by molar-refractivity contribution is 5.94. The number of fused-ring (bicyclic) bond motifs is 1. The van der Waals surface area contributed by atoms with Crippen molar-refractivity contribution >= 4 is 11.7 Å². The molecule has 3 heterocycles. The molecule has 1 aromatic heterocycles. The largest absolute Gasteiger partial charge is 0.454 e. The summed E-state index contributed by atoms with van der Waals surface area (Å²) >= 11 is 0. The van der Waals surface area contributed by atoms with Gasteiger partial charge in [0, 0.05) is 51.0 Å². The van der Waals surface area contributed by atoms with Crippen molar-refractivity contribution < 1.29 is 27.4 Å². The average molecular weight is 499 g/mol. The van der Waals surface area contributed by atoms with Gasteiger partial charge in [-0.2, -0.15) is 13.2 Å². The Bertz CT molecular complexity index is 1240. The summed E-state index contributed by atoms with van der Waals surface area (Å²) in [6.45, 7) is 4.24. The van der Waals surface area contributed by atoms with Crippen LogP contribution in [0.15, 0.2) is 60.8 Å². The minimum absolute atomic E-state index is 0.00105. The Morgan fingerprint density at radius 1 is 0.944 bits per heavy atom. The molecule has 0 atom stereocenters. The number of pyridine rings is 1. The van der Waals surface area contributed by atoms with Crippen molar-refractivity contribution in [2.75, 3.05) is 37.9 Å². The van der Waals surface area contributed by atoms with Crippen molar-refractivity contribution in [2.24, 2.45) is 0 Å². The second kappa shape index (κ2) is 10.1. The molecule has 36 heavy (non-hydrogen) atoms. The molecular formula is C26H25F3N4O3. The molecule has 0 unspecified atom stereocenters. The van der Waals surface area contributed by atoms with Crippen LogP contribution in [0.1, 0.15) is 27.0 Å². The molecule has 5 rings (SSSR count). The number of anilines is 1. The van der Waals surface area contributed by atoms with Gasteiger partial charge in [0.15, 0.2) is 11.5 Å². The van der Waals surface area contributed by atoms with E-state index >= 15 is 0 Å². The van der Waals surface area contributed by atoms with E-state index in [9.17, 15) is 18.0 Å². The smallest absolute Gasteiger partial charge is 0.416 e. The molecule has 188 valence electrons. The number of aromatic nitrogens is 1. The van der Waals surface area contributed by atoms with Crippen molar-refractivity contribution in [3.63, 3.8) is 0 Å². The first-order valence-electron chi connectivity index (χ1n) is 11.6. The maximum absolute atomic E-state index is 12.9. The topological polar surface area (TPSA) is 66.9 Å². The van der Waals surface area contributed by atoms with Crippen LogP contribution in [0.4, 0.5) is 19.0 Å². The third-order valence-electron chi connectivity index (χ3n) is 6.25. The number of halogens is 3. The number of piperazine rings is 1. The summed E-state index contributed by atoms with van der Waals surface area (Å²) in [5, 5.41) is 2.70. The number of carbonyl (C=O) groups excluding carboxylic acids is 1. The first kappa shape index (κ1) is 23.9. The summed E-state index contributed by atoms with van der Waals surface area (Å²) < 4.78 is 49.6.